The number of aromatic nitrogens is 2. The number of imidazole rings is 1. The Labute approximate surface area is 152 Å². The minimum atomic E-state index is -3.52. The van der Waals surface area contributed by atoms with Gasteiger partial charge in [0.2, 0.25) is 15.0 Å². The summed E-state index contributed by atoms with van der Waals surface area (Å²) in [5.74, 6) is -0.306. The van der Waals surface area contributed by atoms with Crippen molar-refractivity contribution in [2.45, 2.75) is 49.0 Å². The maximum absolute atomic E-state index is 12.7. The van der Waals surface area contributed by atoms with Gasteiger partial charge in [0.15, 0.2) is 5.69 Å². The fraction of sp³-hybridized carbons (Fsp3) is 0.500. The van der Waals surface area contributed by atoms with E-state index in [1.54, 1.807) is 24.4 Å². The summed E-state index contributed by atoms with van der Waals surface area (Å²) >= 11 is 0. The number of carbonyl (C=O) groups is 1. The van der Waals surface area contributed by atoms with Crippen LogP contribution in [0, 0.1) is 0 Å². The molecule has 4 rings (SSSR count). The van der Waals surface area contributed by atoms with Crippen molar-refractivity contribution in [3.8, 4) is 0 Å². The predicted molar refractivity (Wildman–Crippen MR) is 96.0 cm³/mol. The molecule has 7 nitrogen and oxygen atoms in total. The molecule has 1 amide bonds. The minimum Gasteiger partial charge on any atom is -0.348 e. The molecule has 2 aromatic heterocycles. The van der Waals surface area contributed by atoms with E-state index in [2.05, 4.69) is 15.6 Å². The molecule has 2 bridgehead atoms. The van der Waals surface area contributed by atoms with Gasteiger partial charge in [-0.3, -0.25) is 9.20 Å². The average molecular weight is 385 g/mol. The Morgan fingerprint density at radius 1 is 1.28 bits per heavy atom. The number of piperidine rings is 1. The first-order chi connectivity index (χ1) is 11.4. The van der Waals surface area contributed by atoms with Gasteiger partial charge in [-0.15, -0.1) is 12.4 Å². The molecular weight excluding hydrogens is 364 g/mol. The smallest absolute Gasteiger partial charge is 0.272 e. The van der Waals surface area contributed by atoms with E-state index in [0.717, 1.165) is 31.9 Å². The van der Waals surface area contributed by atoms with Crippen LogP contribution in [0.3, 0.4) is 0 Å². The maximum atomic E-state index is 12.7. The summed E-state index contributed by atoms with van der Waals surface area (Å²) < 4.78 is 25.3. The van der Waals surface area contributed by atoms with Crippen molar-refractivity contribution in [2.24, 2.45) is 0 Å². The number of halogens is 1. The molecule has 136 valence electrons. The number of hydrogen-bond acceptors (Lipinski definition) is 5. The molecule has 0 aliphatic carbocycles. The van der Waals surface area contributed by atoms with E-state index in [1.165, 1.54) is 4.40 Å². The van der Waals surface area contributed by atoms with Crippen molar-refractivity contribution >= 4 is 33.7 Å². The number of carbonyl (C=O) groups excluding carboxylic acids is 1. The second kappa shape index (κ2) is 6.59. The molecule has 0 saturated carbocycles. The molecule has 0 aromatic carbocycles. The molecule has 0 spiro atoms. The van der Waals surface area contributed by atoms with Gasteiger partial charge in [0.25, 0.3) is 5.91 Å². The summed E-state index contributed by atoms with van der Waals surface area (Å²) in [7, 11) is -3.52. The van der Waals surface area contributed by atoms with Gasteiger partial charge in [0.05, 0.1) is 5.52 Å². The molecule has 4 heterocycles. The van der Waals surface area contributed by atoms with Gasteiger partial charge in [-0.25, -0.2) is 13.4 Å². The van der Waals surface area contributed by atoms with Gasteiger partial charge in [-0.2, -0.15) is 0 Å². The lowest BCUT2D eigenvalue weighted by Gasteiger charge is -2.29. The molecule has 2 unspecified atom stereocenters. The van der Waals surface area contributed by atoms with Crippen LogP contribution >= 0.6 is 12.4 Å². The molecule has 2 atom stereocenters. The van der Waals surface area contributed by atoms with Crippen molar-refractivity contribution in [1.82, 2.24) is 20.0 Å². The standard InChI is InChI=1S/C16H20N4O3S.ClH/c1-24(22,23)16-19-14(13-4-2-3-7-20(13)16)15(21)18-12-8-10-5-6-11(9-12)17-10;/h2-4,7,10-12,17H,5-6,8-9H2,1H3,(H,18,21);1H. The first-order valence-corrected chi connectivity index (χ1v) is 10.0. The van der Waals surface area contributed by atoms with E-state index in [9.17, 15) is 13.2 Å². The average Bonchev–Trinajstić information content (AvgIpc) is 3.07. The highest BCUT2D eigenvalue weighted by Crippen LogP contribution is 2.27. The topological polar surface area (TPSA) is 92.6 Å². The van der Waals surface area contributed by atoms with Crippen LogP contribution in [-0.2, 0) is 9.84 Å². The lowest BCUT2D eigenvalue weighted by Crippen LogP contribution is -2.48. The highest BCUT2D eigenvalue weighted by atomic mass is 35.5. The number of sulfone groups is 1. The third kappa shape index (κ3) is 3.38. The fourth-order valence-corrected chi connectivity index (χ4v) is 4.64. The predicted octanol–water partition coefficient (Wildman–Crippen LogP) is 1.17. The summed E-state index contributed by atoms with van der Waals surface area (Å²) in [4.78, 5) is 16.8. The zero-order valence-electron chi connectivity index (χ0n) is 13.8. The first-order valence-electron chi connectivity index (χ1n) is 8.16. The molecule has 2 fully saturated rings. The van der Waals surface area contributed by atoms with Crippen LogP contribution in [0.5, 0.6) is 0 Å². The molecule has 2 saturated heterocycles. The molecule has 2 aromatic rings. The van der Waals surface area contributed by atoms with Crippen LogP contribution in [0.25, 0.3) is 5.52 Å². The van der Waals surface area contributed by atoms with Crippen LogP contribution in [0.2, 0.25) is 0 Å². The fourth-order valence-electron chi connectivity index (χ4n) is 3.87. The largest absolute Gasteiger partial charge is 0.348 e. The zero-order chi connectivity index (χ0) is 16.9. The van der Waals surface area contributed by atoms with E-state index in [0.29, 0.717) is 17.6 Å². The minimum absolute atomic E-state index is 0. The Bertz CT molecular complexity index is 899. The number of hydrogen-bond donors (Lipinski definition) is 2. The van der Waals surface area contributed by atoms with E-state index in [4.69, 9.17) is 0 Å². The molecule has 0 radical (unpaired) electrons. The number of rotatable bonds is 3. The molecule has 2 N–H and O–H groups in total. The van der Waals surface area contributed by atoms with Gasteiger partial charge in [-0.05, 0) is 37.8 Å². The third-order valence-corrected chi connectivity index (χ3v) is 5.82. The van der Waals surface area contributed by atoms with Gasteiger partial charge in [0.1, 0.15) is 0 Å². The number of pyridine rings is 1. The second-order valence-electron chi connectivity index (χ2n) is 6.75. The number of amides is 1. The van der Waals surface area contributed by atoms with Crippen molar-refractivity contribution in [1.29, 1.82) is 0 Å². The molecule has 2 aliphatic heterocycles. The van der Waals surface area contributed by atoms with Crippen LogP contribution in [-0.4, -0.2) is 48.1 Å². The van der Waals surface area contributed by atoms with Crippen molar-refractivity contribution in [2.75, 3.05) is 6.26 Å². The summed E-state index contributed by atoms with van der Waals surface area (Å²) in [5, 5.41) is 6.48. The summed E-state index contributed by atoms with van der Waals surface area (Å²) in [6, 6.07) is 6.25. The van der Waals surface area contributed by atoms with E-state index >= 15 is 0 Å². The normalized spacial score (nSPS) is 25.6. The van der Waals surface area contributed by atoms with Crippen molar-refractivity contribution in [3.63, 3.8) is 0 Å². The van der Waals surface area contributed by atoms with Crippen molar-refractivity contribution < 1.29 is 13.2 Å². The Hall–Kier alpha value is -1.64. The Morgan fingerprint density at radius 3 is 2.60 bits per heavy atom. The number of nitrogens with one attached hydrogen (secondary N) is 2. The van der Waals surface area contributed by atoms with Crippen LogP contribution in [0.15, 0.2) is 29.6 Å². The Kier molecular flexibility index (Phi) is 4.78. The van der Waals surface area contributed by atoms with Gasteiger partial charge in [-0.1, -0.05) is 6.07 Å². The highest BCUT2D eigenvalue weighted by molar-refractivity contribution is 7.90. The molecule has 9 heteroatoms. The lowest BCUT2D eigenvalue weighted by molar-refractivity contribution is 0.0920. The Balaban J connectivity index is 0.00000182. The van der Waals surface area contributed by atoms with E-state index in [1.807, 2.05) is 0 Å². The van der Waals surface area contributed by atoms with E-state index in [-0.39, 0.29) is 35.2 Å². The van der Waals surface area contributed by atoms with Crippen LogP contribution in [0.1, 0.15) is 36.2 Å². The SMILES string of the molecule is CS(=O)(=O)c1nc(C(=O)NC2CC3CCC(C2)N3)c2ccccn12.Cl. The summed E-state index contributed by atoms with van der Waals surface area (Å²) in [6.07, 6.45) is 6.84. The lowest BCUT2D eigenvalue weighted by atomic mass is 10.00. The van der Waals surface area contributed by atoms with E-state index < -0.39 is 9.84 Å². The van der Waals surface area contributed by atoms with Crippen LogP contribution in [0.4, 0.5) is 0 Å². The maximum Gasteiger partial charge on any atom is 0.272 e. The summed E-state index contributed by atoms with van der Waals surface area (Å²) in [6.45, 7) is 0. The molecule has 25 heavy (non-hydrogen) atoms. The van der Waals surface area contributed by atoms with Gasteiger partial charge in [0, 0.05) is 30.6 Å². The molecular formula is C16H21ClN4O3S. The monoisotopic (exact) mass is 384 g/mol. The van der Waals surface area contributed by atoms with Crippen molar-refractivity contribution in [3.05, 3.63) is 30.1 Å². The van der Waals surface area contributed by atoms with Crippen LogP contribution < -0.4 is 10.6 Å². The zero-order valence-corrected chi connectivity index (χ0v) is 15.4. The third-order valence-electron chi connectivity index (χ3n) is 4.87. The highest BCUT2D eigenvalue weighted by Gasteiger charge is 2.34. The summed E-state index contributed by atoms with van der Waals surface area (Å²) in [5.41, 5.74) is 0.675. The van der Waals surface area contributed by atoms with Gasteiger partial charge < -0.3 is 10.6 Å². The molecule has 2 aliphatic rings. The second-order valence-corrected chi connectivity index (χ2v) is 8.66. The number of nitrogens with zero attached hydrogens (tertiary/aromatic N) is 2. The van der Waals surface area contributed by atoms with Gasteiger partial charge >= 0.3 is 0 Å². The first kappa shape index (κ1) is 18.2. The quantitative estimate of drug-likeness (QED) is 0.828. The Morgan fingerprint density at radius 2 is 1.96 bits per heavy atom. The number of fused-ring (bicyclic) bond motifs is 3.